The summed E-state index contributed by atoms with van der Waals surface area (Å²) in [5, 5.41) is 9.09. The molecule has 2 heterocycles. The molecule has 2 saturated heterocycles. The quantitative estimate of drug-likeness (QED) is 0.555. The molecule has 0 aromatic heterocycles. The van der Waals surface area contributed by atoms with E-state index in [4.69, 9.17) is 10.00 Å². The predicted octanol–water partition coefficient (Wildman–Crippen LogP) is 4.65. The Morgan fingerprint density at radius 1 is 1.23 bits per heavy atom. The molecule has 1 amide bonds. The average Bonchev–Trinajstić information content (AvgIpc) is 3.22. The summed E-state index contributed by atoms with van der Waals surface area (Å²) >= 11 is 0. The first kappa shape index (κ1) is 25.0. The number of carbonyl (C=O) groups excluding carboxylic acids is 1. The van der Waals surface area contributed by atoms with Crippen LogP contribution < -0.4 is 4.90 Å². The molecule has 0 spiro atoms. The number of alkyl halides is 3. The molecule has 2 fully saturated rings. The number of ether oxygens (including phenoxy) is 1. The second kappa shape index (κ2) is 9.86. The monoisotopic (exact) mass is 489 g/mol. The first-order valence-electron chi connectivity index (χ1n) is 11.6. The lowest BCUT2D eigenvalue weighted by Gasteiger charge is -2.44. The van der Waals surface area contributed by atoms with Crippen molar-refractivity contribution in [3.8, 4) is 6.07 Å². The largest absolute Gasteiger partial charge is 0.417 e. The number of fused-ring (bicyclic) bond motifs is 1. The summed E-state index contributed by atoms with van der Waals surface area (Å²) in [4.78, 5) is 16.7. The first-order chi connectivity index (χ1) is 16.7. The number of likely N-dealkylation sites (tertiary alicyclic amines) is 1. The molecule has 2 aromatic carbocycles. The molecule has 2 aliphatic rings. The van der Waals surface area contributed by atoms with E-state index in [1.165, 1.54) is 12.1 Å². The van der Waals surface area contributed by atoms with Gasteiger partial charge in [0.1, 0.15) is 5.82 Å². The lowest BCUT2D eigenvalue weighted by atomic mass is 9.73. The maximum absolute atomic E-state index is 14.1. The Morgan fingerprint density at radius 2 is 2.00 bits per heavy atom. The average molecular weight is 490 g/mol. The highest BCUT2D eigenvalue weighted by molar-refractivity contribution is 5.79. The number of rotatable bonds is 6. The fourth-order valence-corrected chi connectivity index (χ4v) is 5.23. The van der Waals surface area contributed by atoms with Crippen molar-refractivity contribution in [2.45, 2.75) is 25.9 Å². The second-order valence-electron chi connectivity index (χ2n) is 9.27. The van der Waals surface area contributed by atoms with E-state index in [0.717, 1.165) is 6.07 Å². The molecule has 5 nitrogen and oxygen atoms in total. The molecule has 9 heteroatoms. The third-order valence-electron chi connectivity index (χ3n) is 7.17. The van der Waals surface area contributed by atoms with Crippen LogP contribution in [-0.2, 0) is 22.1 Å². The number of hydrogen-bond acceptors (Lipinski definition) is 4. The van der Waals surface area contributed by atoms with Crippen LogP contribution in [0, 0.1) is 28.5 Å². The highest BCUT2D eigenvalue weighted by Crippen LogP contribution is 2.45. The first-order valence-corrected chi connectivity index (χ1v) is 11.6. The minimum absolute atomic E-state index is 0.0163. The Labute approximate surface area is 201 Å². The van der Waals surface area contributed by atoms with Crippen molar-refractivity contribution in [1.82, 2.24) is 4.90 Å². The van der Waals surface area contributed by atoms with Gasteiger partial charge < -0.3 is 14.5 Å². The van der Waals surface area contributed by atoms with Crippen LogP contribution in [0.25, 0.3) is 0 Å². The summed E-state index contributed by atoms with van der Waals surface area (Å²) in [6.07, 6.45) is -4.03. The van der Waals surface area contributed by atoms with Gasteiger partial charge in [-0.15, -0.1) is 0 Å². The Balaban J connectivity index is 1.55. The molecule has 2 atom stereocenters. The van der Waals surface area contributed by atoms with Crippen molar-refractivity contribution >= 4 is 11.6 Å². The van der Waals surface area contributed by atoms with Gasteiger partial charge in [-0.25, -0.2) is 4.39 Å². The number of halogens is 4. The molecule has 0 bridgehead atoms. The molecule has 0 aliphatic carbocycles. The number of piperidine rings is 1. The summed E-state index contributed by atoms with van der Waals surface area (Å²) in [6.45, 7) is 4.73. The molecular formula is C26H27F4N3O2. The number of nitriles is 1. The summed E-state index contributed by atoms with van der Waals surface area (Å²) in [5.74, 6) is -0.615. The SMILES string of the molecule is CCOC[C@@]12CCN(c3ccc(C#N)c(C(F)(F)F)c3)C[C@@H]1CN(C(=O)Cc1ccccc1F)C2. The van der Waals surface area contributed by atoms with E-state index in [1.807, 2.05) is 11.8 Å². The van der Waals surface area contributed by atoms with Gasteiger partial charge in [0.05, 0.1) is 30.2 Å². The van der Waals surface area contributed by atoms with E-state index in [2.05, 4.69) is 0 Å². The molecule has 0 N–H and O–H groups in total. The van der Waals surface area contributed by atoms with Crippen molar-refractivity contribution in [1.29, 1.82) is 5.26 Å². The van der Waals surface area contributed by atoms with E-state index >= 15 is 0 Å². The Bertz CT molecular complexity index is 1130. The van der Waals surface area contributed by atoms with Crippen LogP contribution in [0.4, 0.5) is 23.2 Å². The summed E-state index contributed by atoms with van der Waals surface area (Å²) in [5.41, 5.74) is -0.925. The lowest BCUT2D eigenvalue weighted by Crippen LogP contribution is -2.49. The second-order valence-corrected chi connectivity index (χ2v) is 9.27. The maximum Gasteiger partial charge on any atom is 0.417 e. The molecule has 0 saturated carbocycles. The molecule has 0 radical (unpaired) electrons. The lowest BCUT2D eigenvalue weighted by molar-refractivity contribution is -0.137. The minimum atomic E-state index is -4.63. The van der Waals surface area contributed by atoms with Crippen LogP contribution in [0.3, 0.4) is 0 Å². The maximum atomic E-state index is 14.1. The van der Waals surface area contributed by atoms with Crippen LogP contribution in [0.15, 0.2) is 42.5 Å². The van der Waals surface area contributed by atoms with Gasteiger partial charge in [-0.05, 0) is 43.2 Å². The molecular weight excluding hydrogens is 462 g/mol. The fourth-order valence-electron chi connectivity index (χ4n) is 5.23. The smallest absolute Gasteiger partial charge is 0.381 e. The van der Waals surface area contributed by atoms with E-state index in [9.17, 15) is 22.4 Å². The zero-order valence-electron chi connectivity index (χ0n) is 19.4. The van der Waals surface area contributed by atoms with Gasteiger partial charge in [0, 0.05) is 49.8 Å². The van der Waals surface area contributed by atoms with Crippen molar-refractivity contribution in [2.24, 2.45) is 11.3 Å². The fraction of sp³-hybridized carbons (Fsp3) is 0.462. The molecule has 35 heavy (non-hydrogen) atoms. The van der Waals surface area contributed by atoms with Crippen molar-refractivity contribution in [2.75, 3.05) is 44.3 Å². The summed E-state index contributed by atoms with van der Waals surface area (Å²) < 4.78 is 60.3. The molecule has 2 aromatic rings. The number of nitrogens with zero attached hydrogens (tertiary/aromatic N) is 3. The Hall–Kier alpha value is -3.12. The van der Waals surface area contributed by atoms with Crippen molar-refractivity contribution < 1.29 is 27.1 Å². The summed E-state index contributed by atoms with van der Waals surface area (Å²) in [7, 11) is 0. The topological polar surface area (TPSA) is 56.6 Å². The molecule has 4 rings (SSSR count). The van der Waals surface area contributed by atoms with Crippen molar-refractivity contribution in [3.05, 3.63) is 65.0 Å². The highest BCUT2D eigenvalue weighted by atomic mass is 19.4. The standard InChI is InChI=1S/C26H27F4N3O2/c1-2-35-17-25-9-10-32(21-8-7-19(13-31)22(12-21)26(28,29)30)14-20(25)15-33(16-25)24(34)11-18-5-3-4-6-23(18)27/h3-8,12,20H,2,9-11,14-17H2,1H3/t20-,25+/m1/s1. The van der Waals surface area contributed by atoms with Crippen LogP contribution in [0.5, 0.6) is 0 Å². The molecule has 2 aliphatic heterocycles. The van der Waals surface area contributed by atoms with Gasteiger partial charge in [0.25, 0.3) is 0 Å². The number of carbonyl (C=O) groups is 1. The van der Waals surface area contributed by atoms with E-state index in [0.29, 0.717) is 57.1 Å². The van der Waals surface area contributed by atoms with Gasteiger partial charge >= 0.3 is 6.18 Å². The van der Waals surface area contributed by atoms with Gasteiger partial charge in [-0.1, -0.05) is 18.2 Å². The molecule has 0 unspecified atom stereocenters. The number of amides is 1. The zero-order chi connectivity index (χ0) is 25.2. The number of hydrogen-bond donors (Lipinski definition) is 0. The normalized spacial score (nSPS) is 22.1. The zero-order valence-corrected chi connectivity index (χ0v) is 19.4. The minimum Gasteiger partial charge on any atom is -0.381 e. The predicted molar refractivity (Wildman–Crippen MR) is 122 cm³/mol. The third-order valence-corrected chi connectivity index (χ3v) is 7.17. The van der Waals surface area contributed by atoms with Gasteiger partial charge in [0.2, 0.25) is 5.91 Å². The van der Waals surface area contributed by atoms with Gasteiger partial charge in [0.15, 0.2) is 0 Å². The van der Waals surface area contributed by atoms with Crippen molar-refractivity contribution in [3.63, 3.8) is 0 Å². The Kier molecular flexibility index (Phi) is 7.04. The number of benzene rings is 2. The van der Waals surface area contributed by atoms with E-state index in [-0.39, 0.29) is 23.7 Å². The van der Waals surface area contributed by atoms with Crippen LogP contribution in [0.2, 0.25) is 0 Å². The van der Waals surface area contributed by atoms with Gasteiger partial charge in [-0.2, -0.15) is 18.4 Å². The Morgan fingerprint density at radius 3 is 2.69 bits per heavy atom. The van der Waals surface area contributed by atoms with E-state index in [1.54, 1.807) is 35.2 Å². The van der Waals surface area contributed by atoms with Gasteiger partial charge in [-0.3, -0.25) is 4.79 Å². The van der Waals surface area contributed by atoms with Crippen LogP contribution in [0.1, 0.15) is 30.0 Å². The van der Waals surface area contributed by atoms with Crippen LogP contribution in [-0.4, -0.2) is 50.2 Å². The van der Waals surface area contributed by atoms with Crippen LogP contribution >= 0.6 is 0 Å². The third kappa shape index (κ3) is 5.13. The number of anilines is 1. The molecule has 186 valence electrons. The highest BCUT2D eigenvalue weighted by Gasteiger charge is 2.51. The van der Waals surface area contributed by atoms with E-state index < -0.39 is 23.1 Å². The summed E-state index contributed by atoms with van der Waals surface area (Å²) in [6, 6.07) is 11.6.